The van der Waals surface area contributed by atoms with Gasteiger partial charge >= 0.3 is 0 Å². The Balaban J connectivity index is 2.96. The summed E-state index contributed by atoms with van der Waals surface area (Å²) in [6, 6.07) is 5.21. The van der Waals surface area contributed by atoms with Crippen LogP contribution < -0.4 is 5.32 Å². The maximum Gasteiger partial charge on any atom is 0.287 e. The van der Waals surface area contributed by atoms with Crippen molar-refractivity contribution in [2.75, 3.05) is 6.54 Å². The first kappa shape index (κ1) is 15.6. The highest BCUT2D eigenvalue weighted by Gasteiger charge is 2.22. The summed E-state index contributed by atoms with van der Waals surface area (Å²) in [6.07, 6.45) is -2.72. The highest BCUT2D eigenvalue weighted by molar-refractivity contribution is 5.72. The zero-order valence-corrected chi connectivity index (χ0v) is 10.6. The number of carbonyl (C=O) groups excluding carboxylic acids is 1. The van der Waals surface area contributed by atoms with Gasteiger partial charge in [0, 0.05) is 19.5 Å². The van der Waals surface area contributed by atoms with E-state index in [4.69, 9.17) is 5.26 Å². The zero-order valence-electron chi connectivity index (χ0n) is 10.6. The summed E-state index contributed by atoms with van der Waals surface area (Å²) >= 11 is 0. The Bertz CT molecular complexity index is 567. The quantitative estimate of drug-likeness (QED) is 0.512. The normalized spacial score (nSPS) is 13.1. The van der Waals surface area contributed by atoms with Gasteiger partial charge in [0.15, 0.2) is 0 Å². The number of nitrogens with one attached hydrogen (secondary N) is 1. The number of nitro benzene ring substituents is 1. The van der Waals surface area contributed by atoms with Crippen molar-refractivity contribution in [3.05, 3.63) is 39.4 Å². The van der Waals surface area contributed by atoms with Crippen LogP contribution in [0.5, 0.6) is 0 Å². The lowest BCUT2D eigenvalue weighted by atomic mass is 10.0. The summed E-state index contributed by atoms with van der Waals surface area (Å²) in [6.45, 7) is 1.07. The van der Waals surface area contributed by atoms with Crippen LogP contribution in [0, 0.1) is 21.4 Å². The summed E-state index contributed by atoms with van der Waals surface area (Å²) in [5, 5.41) is 41.4. The van der Waals surface area contributed by atoms with Crippen molar-refractivity contribution in [1.29, 1.82) is 5.26 Å². The molecule has 0 aliphatic heterocycles. The summed E-state index contributed by atoms with van der Waals surface area (Å²) in [5.41, 5.74) is -0.494. The van der Waals surface area contributed by atoms with Crippen LogP contribution in [0.4, 0.5) is 5.69 Å². The molecule has 0 saturated heterocycles. The average molecular weight is 279 g/mol. The van der Waals surface area contributed by atoms with Crippen molar-refractivity contribution in [3.63, 3.8) is 0 Å². The lowest BCUT2D eigenvalue weighted by molar-refractivity contribution is -0.385. The van der Waals surface area contributed by atoms with Crippen LogP contribution >= 0.6 is 0 Å². The Hall–Kier alpha value is -2.50. The number of benzene rings is 1. The third-order valence-electron chi connectivity index (χ3n) is 2.61. The highest BCUT2D eigenvalue weighted by Crippen LogP contribution is 2.25. The van der Waals surface area contributed by atoms with Gasteiger partial charge in [0.1, 0.15) is 23.8 Å². The molecule has 0 aliphatic carbocycles. The number of nitro groups is 1. The van der Waals surface area contributed by atoms with E-state index in [2.05, 4.69) is 5.32 Å². The van der Waals surface area contributed by atoms with Crippen molar-refractivity contribution in [2.24, 2.45) is 0 Å². The van der Waals surface area contributed by atoms with Gasteiger partial charge in [-0.2, -0.15) is 5.26 Å². The lowest BCUT2D eigenvalue weighted by Crippen LogP contribution is -2.34. The number of nitrogens with zero attached hydrogens (tertiary/aromatic N) is 2. The van der Waals surface area contributed by atoms with E-state index in [1.54, 1.807) is 6.07 Å². The molecule has 0 radical (unpaired) electrons. The molecule has 2 atom stereocenters. The number of hydrogen-bond donors (Lipinski definition) is 3. The molecule has 1 amide bonds. The minimum atomic E-state index is -1.41. The fourth-order valence-corrected chi connectivity index (χ4v) is 1.56. The van der Waals surface area contributed by atoms with Crippen molar-refractivity contribution in [1.82, 2.24) is 5.32 Å². The average Bonchev–Trinajstić information content (AvgIpc) is 2.42. The van der Waals surface area contributed by atoms with Crippen molar-refractivity contribution >= 4 is 11.6 Å². The second kappa shape index (κ2) is 6.60. The van der Waals surface area contributed by atoms with Crippen LogP contribution in [0.25, 0.3) is 0 Å². The smallest absolute Gasteiger partial charge is 0.287 e. The monoisotopic (exact) mass is 279 g/mol. The predicted octanol–water partition coefficient (Wildman–Crippen LogP) is -0.00312. The maximum atomic E-state index is 10.8. The van der Waals surface area contributed by atoms with E-state index in [-0.39, 0.29) is 23.6 Å². The third-order valence-corrected chi connectivity index (χ3v) is 2.61. The summed E-state index contributed by atoms with van der Waals surface area (Å²) < 4.78 is 0. The van der Waals surface area contributed by atoms with E-state index in [0.717, 1.165) is 6.07 Å². The number of aliphatic hydroxyl groups excluding tert-OH is 2. The zero-order chi connectivity index (χ0) is 15.3. The number of carbonyl (C=O) groups is 1. The highest BCUT2D eigenvalue weighted by atomic mass is 16.6. The second-order valence-electron chi connectivity index (χ2n) is 4.09. The van der Waals surface area contributed by atoms with Crippen LogP contribution in [0.3, 0.4) is 0 Å². The van der Waals surface area contributed by atoms with Gasteiger partial charge in [0.25, 0.3) is 5.69 Å². The van der Waals surface area contributed by atoms with Crippen LogP contribution in [0.1, 0.15) is 24.2 Å². The Morgan fingerprint density at radius 1 is 1.55 bits per heavy atom. The molecule has 20 heavy (non-hydrogen) atoms. The molecule has 0 fully saturated rings. The van der Waals surface area contributed by atoms with Gasteiger partial charge in [-0.1, -0.05) is 6.07 Å². The van der Waals surface area contributed by atoms with Gasteiger partial charge in [-0.05, 0) is 11.6 Å². The predicted molar refractivity (Wildman–Crippen MR) is 67.5 cm³/mol. The Kier molecular flexibility index (Phi) is 5.14. The number of hydrogen-bond acceptors (Lipinski definition) is 6. The van der Waals surface area contributed by atoms with Gasteiger partial charge in [-0.25, -0.2) is 0 Å². The fraction of sp³-hybridized carbons (Fsp3) is 0.333. The minimum Gasteiger partial charge on any atom is -0.388 e. The maximum absolute atomic E-state index is 10.8. The van der Waals surface area contributed by atoms with E-state index in [9.17, 15) is 25.1 Å². The van der Waals surface area contributed by atoms with E-state index in [1.807, 2.05) is 0 Å². The molecule has 0 aromatic heterocycles. The fourth-order valence-electron chi connectivity index (χ4n) is 1.56. The minimum absolute atomic E-state index is 0.0913. The number of aliphatic hydroxyl groups is 2. The van der Waals surface area contributed by atoms with E-state index >= 15 is 0 Å². The molecule has 1 aromatic rings. The molecular weight excluding hydrogens is 266 g/mol. The van der Waals surface area contributed by atoms with Crippen molar-refractivity contribution in [3.8, 4) is 6.07 Å². The molecule has 0 aliphatic rings. The molecular formula is C12H13N3O5. The van der Waals surface area contributed by atoms with Gasteiger partial charge in [0.2, 0.25) is 5.91 Å². The van der Waals surface area contributed by atoms with Gasteiger partial charge < -0.3 is 15.5 Å². The van der Waals surface area contributed by atoms with Crippen LogP contribution in [-0.2, 0) is 4.79 Å². The topological polar surface area (TPSA) is 136 Å². The first-order chi connectivity index (χ1) is 9.36. The summed E-state index contributed by atoms with van der Waals surface area (Å²) in [5.74, 6) is -0.373. The molecule has 1 aromatic carbocycles. The first-order valence-corrected chi connectivity index (χ1v) is 5.65. The largest absolute Gasteiger partial charge is 0.388 e. The lowest BCUT2D eigenvalue weighted by Gasteiger charge is -2.18. The molecule has 1 rings (SSSR count). The summed E-state index contributed by atoms with van der Waals surface area (Å²) in [4.78, 5) is 20.8. The third kappa shape index (κ3) is 3.74. The Morgan fingerprint density at radius 2 is 2.20 bits per heavy atom. The van der Waals surface area contributed by atoms with E-state index in [0.29, 0.717) is 0 Å². The second-order valence-corrected chi connectivity index (χ2v) is 4.09. The molecule has 106 valence electrons. The Labute approximate surface area is 114 Å². The van der Waals surface area contributed by atoms with Gasteiger partial charge in [0.05, 0.1) is 4.92 Å². The van der Waals surface area contributed by atoms with Gasteiger partial charge in [-0.15, -0.1) is 0 Å². The molecule has 3 N–H and O–H groups in total. The standard InChI is InChI=1S/C12H13N3O5/c1-7(16)14-6-11(17)12(18)8-2-3-9(5-13)10(4-8)15(19)20/h2-4,11-12,17-18H,6H2,1H3,(H,14,16). The van der Waals surface area contributed by atoms with Gasteiger partial charge in [-0.3, -0.25) is 14.9 Å². The molecule has 0 heterocycles. The number of amides is 1. The van der Waals surface area contributed by atoms with Crippen molar-refractivity contribution < 1.29 is 19.9 Å². The molecule has 2 unspecified atom stereocenters. The van der Waals surface area contributed by atoms with E-state index in [1.165, 1.54) is 19.1 Å². The molecule has 8 heteroatoms. The summed E-state index contributed by atoms with van der Waals surface area (Å²) in [7, 11) is 0. The van der Waals surface area contributed by atoms with Crippen LogP contribution in [-0.4, -0.2) is 33.7 Å². The molecule has 0 spiro atoms. The number of nitriles is 1. The van der Waals surface area contributed by atoms with Crippen LogP contribution in [0.15, 0.2) is 18.2 Å². The molecule has 0 bridgehead atoms. The Morgan fingerprint density at radius 3 is 2.70 bits per heavy atom. The van der Waals surface area contributed by atoms with E-state index < -0.39 is 22.8 Å². The van der Waals surface area contributed by atoms with Crippen molar-refractivity contribution in [2.45, 2.75) is 19.1 Å². The molecule has 0 saturated carbocycles. The van der Waals surface area contributed by atoms with Crippen LogP contribution in [0.2, 0.25) is 0 Å². The number of rotatable bonds is 5. The first-order valence-electron chi connectivity index (χ1n) is 5.65. The molecule has 8 nitrogen and oxygen atoms in total. The SMILES string of the molecule is CC(=O)NCC(O)C(O)c1ccc(C#N)c([N+](=O)[O-])c1.